The minimum atomic E-state index is 0.219. The molecule has 0 saturated carbocycles. The number of pyridine rings is 1. The van der Waals surface area contributed by atoms with Crippen molar-refractivity contribution in [3.63, 3.8) is 0 Å². The summed E-state index contributed by atoms with van der Waals surface area (Å²) in [6.45, 7) is 0. The fourth-order valence-corrected chi connectivity index (χ4v) is 1.65. The van der Waals surface area contributed by atoms with Crippen molar-refractivity contribution >= 4 is 17.3 Å². The van der Waals surface area contributed by atoms with E-state index in [1.807, 2.05) is 12.1 Å². The van der Waals surface area contributed by atoms with E-state index in [1.54, 1.807) is 24.4 Å². The Morgan fingerprint density at radius 3 is 2.50 bits per heavy atom. The van der Waals surface area contributed by atoms with Crippen molar-refractivity contribution in [1.29, 1.82) is 5.26 Å². The number of aromatic nitrogens is 1. The van der Waals surface area contributed by atoms with Gasteiger partial charge in [-0.2, -0.15) is 5.26 Å². The van der Waals surface area contributed by atoms with Gasteiger partial charge in [0.05, 0.1) is 5.56 Å². The normalized spacial score (nSPS) is 9.75. The number of nitriles is 1. The average molecular weight is 230 g/mol. The smallest absolute Gasteiger partial charge is 0.147 e. The van der Waals surface area contributed by atoms with Gasteiger partial charge in [-0.1, -0.05) is 23.7 Å². The molecule has 0 unspecified atom stereocenters. The summed E-state index contributed by atoms with van der Waals surface area (Å²) < 4.78 is 0. The molecule has 16 heavy (non-hydrogen) atoms. The fourth-order valence-electron chi connectivity index (χ4n) is 1.45. The van der Waals surface area contributed by atoms with Gasteiger partial charge in [0, 0.05) is 17.4 Å². The molecule has 0 bridgehead atoms. The molecule has 4 heteroatoms. The Kier molecular flexibility index (Phi) is 2.76. The maximum absolute atomic E-state index is 9.02. The Hall–Kier alpha value is -2.05. The molecule has 2 rings (SSSR count). The topological polar surface area (TPSA) is 62.7 Å². The van der Waals surface area contributed by atoms with Crippen molar-refractivity contribution in [2.75, 3.05) is 5.73 Å². The molecule has 0 atom stereocenters. The van der Waals surface area contributed by atoms with Crippen LogP contribution < -0.4 is 5.73 Å². The lowest BCUT2D eigenvalue weighted by Crippen LogP contribution is -1.89. The first kappa shape index (κ1) is 10.5. The molecule has 2 aromatic rings. The molecule has 1 heterocycles. The molecular formula is C12H8ClN3. The van der Waals surface area contributed by atoms with E-state index in [0.717, 1.165) is 11.1 Å². The maximum Gasteiger partial charge on any atom is 0.147 e. The highest BCUT2D eigenvalue weighted by Gasteiger charge is 2.08. The van der Waals surface area contributed by atoms with Gasteiger partial charge in [0.1, 0.15) is 11.2 Å². The van der Waals surface area contributed by atoms with Crippen molar-refractivity contribution < 1.29 is 0 Å². The number of hydrogen-bond acceptors (Lipinski definition) is 3. The van der Waals surface area contributed by atoms with Crippen LogP contribution in [0.3, 0.4) is 0 Å². The minimum absolute atomic E-state index is 0.219. The van der Waals surface area contributed by atoms with E-state index in [1.165, 1.54) is 0 Å². The summed E-state index contributed by atoms with van der Waals surface area (Å²) in [7, 11) is 0. The van der Waals surface area contributed by atoms with Gasteiger partial charge < -0.3 is 5.73 Å². The second-order valence-electron chi connectivity index (χ2n) is 3.26. The second kappa shape index (κ2) is 4.21. The third-order valence-corrected chi connectivity index (χ3v) is 2.52. The summed E-state index contributed by atoms with van der Waals surface area (Å²) in [6.07, 6.45) is 1.58. The van der Waals surface area contributed by atoms with Crippen LogP contribution >= 0.6 is 11.6 Å². The molecule has 0 radical (unpaired) electrons. The highest BCUT2D eigenvalue weighted by molar-refractivity contribution is 6.30. The lowest BCUT2D eigenvalue weighted by Gasteiger charge is -2.05. The molecule has 1 aromatic heterocycles. The highest BCUT2D eigenvalue weighted by atomic mass is 35.5. The second-order valence-corrected chi connectivity index (χ2v) is 3.62. The molecule has 1 aromatic carbocycles. The first-order valence-corrected chi connectivity index (χ1v) is 5.00. The molecular weight excluding hydrogens is 222 g/mol. The Bertz CT molecular complexity index is 555. The van der Waals surface area contributed by atoms with E-state index in [4.69, 9.17) is 22.6 Å². The molecule has 0 aliphatic carbocycles. The standard InChI is InChI=1S/C12H8ClN3/c13-12-11(7-14)10(5-6-16-12)8-1-3-9(15)4-2-8/h1-6H,15H2. The van der Waals surface area contributed by atoms with Crippen LogP contribution in [0, 0.1) is 11.3 Å². The van der Waals surface area contributed by atoms with Crippen molar-refractivity contribution in [1.82, 2.24) is 4.98 Å². The van der Waals surface area contributed by atoms with Gasteiger partial charge in [-0.05, 0) is 23.8 Å². The molecule has 0 aliphatic heterocycles. The van der Waals surface area contributed by atoms with Crippen LogP contribution in [0.15, 0.2) is 36.5 Å². The number of nitrogen functional groups attached to an aromatic ring is 1. The van der Waals surface area contributed by atoms with Crippen molar-refractivity contribution in [3.05, 3.63) is 47.2 Å². The lowest BCUT2D eigenvalue weighted by atomic mass is 10.0. The quantitative estimate of drug-likeness (QED) is 0.604. The SMILES string of the molecule is N#Cc1c(-c2ccc(N)cc2)ccnc1Cl. The van der Waals surface area contributed by atoms with Gasteiger partial charge in [-0.15, -0.1) is 0 Å². The average Bonchev–Trinajstić information content (AvgIpc) is 2.30. The van der Waals surface area contributed by atoms with Crippen molar-refractivity contribution in [3.8, 4) is 17.2 Å². The van der Waals surface area contributed by atoms with Gasteiger partial charge in [0.2, 0.25) is 0 Å². The van der Waals surface area contributed by atoms with Crippen LogP contribution in [0.1, 0.15) is 5.56 Å². The molecule has 0 spiro atoms. The molecule has 78 valence electrons. The van der Waals surface area contributed by atoms with Gasteiger partial charge in [0.25, 0.3) is 0 Å². The van der Waals surface area contributed by atoms with Crippen LogP contribution in [0.5, 0.6) is 0 Å². The summed E-state index contributed by atoms with van der Waals surface area (Å²) in [4.78, 5) is 3.87. The van der Waals surface area contributed by atoms with E-state index in [0.29, 0.717) is 11.3 Å². The molecule has 0 amide bonds. The summed E-state index contributed by atoms with van der Waals surface area (Å²) in [5.74, 6) is 0. The lowest BCUT2D eigenvalue weighted by molar-refractivity contribution is 1.30. The Morgan fingerprint density at radius 1 is 1.19 bits per heavy atom. The zero-order chi connectivity index (χ0) is 11.5. The van der Waals surface area contributed by atoms with Crippen LogP contribution in [-0.4, -0.2) is 4.98 Å². The van der Waals surface area contributed by atoms with E-state index in [2.05, 4.69) is 11.1 Å². The monoisotopic (exact) mass is 229 g/mol. The number of hydrogen-bond donors (Lipinski definition) is 1. The fraction of sp³-hybridized carbons (Fsp3) is 0. The summed E-state index contributed by atoms with van der Waals surface area (Å²) >= 11 is 5.85. The summed E-state index contributed by atoms with van der Waals surface area (Å²) in [5.41, 5.74) is 8.33. The Balaban J connectivity index is 2.61. The van der Waals surface area contributed by atoms with Crippen molar-refractivity contribution in [2.24, 2.45) is 0 Å². The van der Waals surface area contributed by atoms with Crippen LogP contribution in [0.2, 0.25) is 5.15 Å². The van der Waals surface area contributed by atoms with E-state index in [-0.39, 0.29) is 5.15 Å². The predicted octanol–water partition coefficient (Wildman–Crippen LogP) is 2.86. The third-order valence-electron chi connectivity index (χ3n) is 2.24. The third kappa shape index (κ3) is 1.83. The number of benzene rings is 1. The Morgan fingerprint density at radius 2 is 1.88 bits per heavy atom. The molecule has 0 fully saturated rings. The molecule has 2 N–H and O–H groups in total. The molecule has 0 saturated heterocycles. The predicted molar refractivity (Wildman–Crippen MR) is 63.8 cm³/mol. The van der Waals surface area contributed by atoms with Crippen LogP contribution in [0.25, 0.3) is 11.1 Å². The first-order valence-electron chi connectivity index (χ1n) is 4.63. The van der Waals surface area contributed by atoms with Gasteiger partial charge in [-0.25, -0.2) is 4.98 Å². The van der Waals surface area contributed by atoms with E-state index >= 15 is 0 Å². The largest absolute Gasteiger partial charge is 0.399 e. The first-order chi connectivity index (χ1) is 7.72. The van der Waals surface area contributed by atoms with E-state index < -0.39 is 0 Å². The van der Waals surface area contributed by atoms with Crippen LogP contribution in [0.4, 0.5) is 5.69 Å². The van der Waals surface area contributed by atoms with Crippen LogP contribution in [-0.2, 0) is 0 Å². The molecule has 3 nitrogen and oxygen atoms in total. The number of nitrogens with zero attached hydrogens (tertiary/aromatic N) is 2. The van der Waals surface area contributed by atoms with Gasteiger partial charge in [-0.3, -0.25) is 0 Å². The number of rotatable bonds is 1. The molecule has 0 aliphatic rings. The van der Waals surface area contributed by atoms with Gasteiger partial charge in [0.15, 0.2) is 0 Å². The minimum Gasteiger partial charge on any atom is -0.399 e. The zero-order valence-corrected chi connectivity index (χ0v) is 9.07. The summed E-state index contributed by atoms with van der Waals surface area (Å²) in [5, 5.41) is 9.24. The number of anilines is 1. The number of halogens is 1. The highest BCUT2D eigenvalue weighted by Crippen LogP contribution is 2.27. The maximum atomic E-state index is 9.02. The van der Waals surface area contributed by atoms with Gasteiger partial charge >= 0.3 is 0 Å². The Labute approximate surface area is 98.1 Å². The van der Waals surface area contributed by atoms with E-state index in [9.17, 15) is 0 Å². The van der Waals surface area contributed by atoms with Crippen molar-refractivity contribution in [2.45, 2.75) is 0 Å². The summed E-state index contributed by atoms with van der Waals surface area (Å²) in [6, 6.07) is 11.1. The number of nitrogens with two attached hydrogens (primary N) is 1. The zero-order valence-electron chi connectivity index (χ0n) is 8.31.